The molecule has 0 saturated carbocycles. The fourth-order valence-corrected chi connectivity index (χ4v) is 6.08. The number of nitrogens with zero attached hydrogens (tertiary/aromatic N) is 3. The number of carbonyl (C=O) groups is 1. The topological polar surface area (TPSA) is 86.3 Å². The number of hydrogen-bond donors (Lipinski definition) is 0. The number of aromatic nitrogens is 1. The molecule has 0 aliphatic carbocycles. The molecule has 0 radical (unpaired) electrons. The van der Waals surface area contributed by atoms with Crippen LogP contribution in [0.4, 0.5) is 5.88 Å². The highest BCUT2D eigenvalue weighted by Gasteiger charge is 2.36. The number of carbonyl (C=O) groups excluding carboxylic acids is 1. The lowest BCUT2D eigenvalue weighted by atomic mass is 9.90. The van der Waals surface area contributed by atoms with Crippen LogP contribution in [0.5, 0.6) is 5.75 Å². The summed E-state index contributed by atoms with van der Waals surface area (Å²) in [4.78, 5) is 34.7. The van der Waals surface area contributed by atoms with E-state index in [1.54, 1.807) is 31.6 Å². The molecule has 9 heteroatoms. The van der Waals surface area contributed by atoms with Crippen molar-refractivity contribution >= 4 is 40.0 Å². The molecule has 8 nitrogen and oxygen atoms in total. The zero-order chi connectivity index (χ0) is 27.7. The van der Waals surface area contributed by atoms with E-state index < -0.39 is 12.0 Å². The van der Waals surface area contributed by atoms with Gasteiger partial charge in [0.1, 0.15) is 17.6 Å². The molecular weight excluding hydrogens is 514 g/mol. The van der Waals surface area contributed by atoms with Gasteiger partial charge < -0.3 is 18.8 Å². The summed E-state index contributed by atoms with van der Waals surface area (Å²) in [7, 11) is 1.59. The van der Waals surface area contributed by atoms with E-state index in [0.29, 0.717) is 37.7 Å². The van der Waals surface area contributed by atoms with E-state index in [1.165, 1.54) is 11.3 Å². The van der Waals surface area contributed by atoms with Gasteiger partial charge in [0.15, 0.2) is 10.7 Å². The van der Waals surface area contributed by atoms with Crippen LogP contribution in [0.3, 0.4) is 0 Å². The Hall–Kier alpha value is -4.11. The van der Waals surface area contributed by atoms with Gasteiger partial charge in [0, 0.05) is 30.8 Å². The van der Waals surface area contributed by atoms with Crippen LogP contribution in [0.2, 0.25) is 0 Å². The summed E-state index contributed by atoms with van der Waals surface area (Å²) < 4.78 is 19.3. The number of allylic oxidation sites excluding steroid dienone is 1. The molecule has 0 N–H and O–H groups in total. The summed E-state index contributed by atoms with van der Waals surface area (Å²) >= 11 is 1.26. The Morgan fingerprint density at radius 2 is 1.90 bits per heavy atom. The maximum absolute atomic E-state index is 14.0. The van der Waals surface area contributed by atoms with E-state index >= 15 is 0 Å². The monoisotopic (exact) mass is 545 g/mol. The largest absolute Gasteiger partial charge is 0.496 e. The number of furan rings is 1. The SMILES string of the molecule is CCOC(=O)C1=C(C)N=c2sc(=Cc3ccc(N(CC)CC)o3)c(=O)n2[C@@H]1c1c(OC)ccc2ccccc12. The number of benzene rings is 2. The Bertz CT molecular complexity index is 1760. The van der Waals surface area contributed by atoms with Gasteiger partial charge >= 0.3 is 5.97 Å². The van der Waals surface area contributed by atoms with Crippen molar-refractivity contribution in [2.24, 2.45) is 4.99 Å². The molecule has 1 atom stereocenters. The first-order valence-electron chi connectivity index (χ1n) is 13.0. The van der Waals surface area contributed by atoms with Gasteiger partial charge in [-0.25, -0.2) is 9.79 Å². The highest BCUT2D eigenvalue weighted by atomic mass is 32.1. The minimum absolute atomic E-state index is 0.201. The summed E-state index contributed by atoms with van der Waals surface area (Å²) in [5, 5.41) is 1.84. The second-order valence-corrected chi connectivity index (χ2v) is 10.1. The number of anilines is 1. The standard InChI is InChI=1S/C30H31N3O5S/c1-6-32(7-2)24-16-14-20(38-24)17-23-28(34)33-27(25(29(35)37-8-3)18(4)31-30(33)39-23)26-21-12-10-9-11-19(21)13-15-22(26)36-5/h9-17,27H,6-8H2,1-5H3/t27-/m0/s1. The zero-order valence-corrected chi connectivity index (χ0v) is 23.5. The van der Waals surface area contributed by atoms with Crippen molar-refractivity contribution in [3.05, 3.63) is 90.8 Å². The lowest BCUT2D eigenvalue weighted by molar-refractivity contribution is -0.139. The summed E-state index contributed by atoms with van der Waals surface area (Å²) in [6, 6.07) is 14.6. The third kappa shape index (κ3) is 4.67. The van der Waals surface area contributed by atoms with Crippen molar-refractivity contribution in [3.63, 3.8) is 0 Å². The molecule has 0 bridgehead atoms. The maximum Gasteiger partial charge on any atom is 0.338 e. The van der Waals surface area contributed by atoms with Crippen LogP contribution in [0.1, 0.15) is 45.1 Å². The molecule has 0 unspecified atom stereocenters. The predicted octanol–water partition coefficient (Wildman–Crippen LogP) is 4.40. The van der Waals surface area contributed by atoms with E-state index in [-0.39, 0.29) is 12.2 Å². The number of fused-ring (bicyclic) bond motifs is 2. The zero-order valence-electron chi connectivity index (χ0n) is 22.7. The molecule has 0 amide bonds. The van der Waals surface area contributed by atoms with Gasteiger partial charge in [-0.05, 0) is 50.6 Å². The number of methoxy groups -OCH3 is 1. The number of rotatable bonds is 8. The lowest BCUT2D eigenvalue weighted by Gasteiger charge is -2.27. The minimum atomic E-state index is -0.786. The molecule has 4 aromatic rings. The first kappa shape index (κ1) is 26.5. The number of hydrogen-bond acceptors (Lipinski definition) is 8. The van der Waals surface area contributed by atoms with Crippen LogP contribution in [0, 0.1) is 0 Å². The van der Waals surface area contributed by atoms with Crippen LogP contribution in [-0.2, 0) is 9.53 Å². The maximum atomic E-state index is 14.0. The second kappa shape index (κ2) is 10.9. The average Bonchev–Trinajstić information content (AvgIpc) is 3.52. The molecule has 0 fully saturated rings. The first-order valence-corrected chi connectivity index (χ1v) is 13.8. The van der Waals surface area contributed by atoms with Gasteiger partial charge in [-0.15, -0.1) is 0 Å². The van der Waals surface area contributed by atoms with E-state index in [9.17, 15) is 9.59 Å². The van der Waals surface area contributed by atoms with Gasteiger partial charge in [0.05, 0.1) is 29.5 Å². The summed E-state index contributed by atoms with van der Waals surface area (Å²) in [5.41, 5.74) is 1.26. The van der Waals surface area contributed by atoms with Crippen LogP contribution in [-0.4, -0.2) is 37.3 Å². The fourth-order valence-electron chi connectivity index (χ4n) is 5.05. The Morgan fingerprint density at radius 1 is 1.13 bits per heavy atom. The second-order valence-electron chi connectivity index (χ2n) is 9.05. The normalized spacial score (nSPS) is 15.3. The Morgan fingerprint density at radius 3 is 2.62 bits per heavy atom. The van der Waals surface area contributed by atoms with Crippen molar-refractivity contribution < 1.29 is 18.7 Å². The molecular formula is C30H31N3O5S. The molecule has 3 heterocycles. The van der Waals surface area contributed by atoms with Crippen molar-refractivity contribution in [3.8, 4) is 5.75 Å². The highest BCUT2D eigenvalue weighted by Crippen LogP contribution is 2.40. The van der Waals surface area contributed by atoms with Crippen LogP contribution in [0.25, 0.3) is 16.8 Å². The molecule has 0 saturated heterocycles. The molecule has 2 aromatic heterocycles. The lowest BCUT2D eigenvalue weighted by Crippen LogP contribution is -2.40. The molecule has 39 heavy (non-hydrogen) atoms. The van der Waals surface area contributed by atoms with E-state index in [0.717, 1.165) is 29.7 Å². The quantitative estimate of drug-likeness (QED) is 0.305. The van der Waals surface area contributed by atoms with Crippen LogP contribution in [0.15, 0.2) is 74.0 Å². The molecule has 2 aromatic carbocycles. The predicted molar refractivity (Wildman–Crippen MR) is 153 cm³/mol. The summed E-state index contributed by atoms with van der Waals surface area (Å²) in [6.07, 6.45) is 1.73. The third-order valence-electron chi connectivity index (χ3n) is 6.90. The van der Waals surface area contributed by atoms with Gasteiger partial charge in [0.2, 0.25) is 0 Å². The molecule has 5 rings (SSSR count). The van der Waals surface area contributed by atoms with Crippen LogP contribution < -0.4 is 24.5 Å². The first-order chi connectivity index (χ1) is 18.9. The Balaban J connectivity index is 1.77. The van der Waals surface area contributed by atoms with Gasteiger partial charge in [-0.3, -0.25) is 9.36 Å². The number of esters is 1. The molecule has 1 aliphatic rings. The van der Waals surface area contributed by atoms with Crippen molar-refractivity contribution in [1.29, 1.82) is 0 Å². The van der Waals surface area contributed by atoms with Crippen molar-refractivity contribution in [1.82, 2.24) is 4.57 Å². The number of ether oxygens (including phenoxy) is 2. The fraction of sp³-hybridized carbons (Fsp3) is 0.300. The van der Waals surface area contributed by atoms with E-state index in [2.05, 4.69) is 23.7 Å². The molecule has 202 valence electrons. The van der Waals surface area contributed by atoms with Crippen LogP contribution >= 0.6 is 11.3 Å². The number of thiazole rings is 1. The van der Waals surface area contributed by atoms with E-state index in [4.69, 9.17) is 13.9 Å². The minimum Gasteiger partial charge on any atom is -0.496 e. The third-order valence-corrected chi connectivity index (χ3v) is 7.89. The highest BCUT2D eigenvalue weighted by molar-refractivity contribution is 7.07. The average molecular weight is 546 g/mol. The molecule has 0 spiro atoms. The smallest absolute Gasteiger partial charge is 0.338 e. The van der Waals surface area contributed by atoms with Gasteiger partial charge in [-0.1, -0.05) is 41.7 Å². The summed E-state index contributed by atoms with van der Waals surface area (Å²) in [5.74, 6) is 1.38. The molecule has 1 aliphatic heterocycles. The summed E-state index contributed by atoms with van der Waals surface area (Å²) in [6.45, 7) is 9.49. The Kier molecular flexibility index (Phi) is 7.43. The van der Waals surface area contributed by atoms with E-state index in [1.807, 2.05) is 48.5 Å². The van der Waals surface area contributed by atoms with Crippen molar-refractivity contribution in [2.45, 2.75) is 33.7 Å². The van der Waals surface area contributed by atoms with Gasteiger partial charge in [-0.2, -0.15) is 0 Å². The Labute approximate surface area is 230 Å². The van der Waals surface area contributed by atoms with Crippen molar-refractivity contribution in [2.75, 3.05) is 31.7 Å². The van der Waals surface area contributed by atoms with Gasteiger partial charge in [0.25, 0.3) is 5.56 Å².